The van der Waals surface area contributed by atoms with E-state index in [2.05, 4.69) is 45.5 Å². The summed E-state index contributed by atoms with van der Waals surface area (Å²) in [5, 5.41) is 7.09. The number of nitrogen functional groups attached to an aromatic ring is 1. The van der Waals surface area contributed by atoms with Crippen LogP contribution in [0.1, 0.15) is 11.1 Å². The second-order valence-corrected chi connectivity index (χ2v) is 6.40. The zero-order valence-electron chi connectivity index (χ0n) is 14.8. The summed E-state index contributed by atoms with van der Waals surface area (Å²) in [5.74, 6) is 1.71. The number of pyridine rings is 1. The average molecular weight is 369 g/mol. The van der Waals surface area contributed by atoms with E-state index in [1.807, 2.05) is 24.3 Å². The SMILES string of the molecule is Cc1cccc(-c2cc(NCCNc3ccc(Cl)cn3)nc(N)n2)c1C. The van der Waals surface area contributed by atoms with Crippen LogP contribution in [0, 0.1) is 13.8 Å². The largest absolute Gasteiger partial charge is 0.368 e. The van der Waals surface area contributed by atoms with Crippen molar-refractivity contribution in [2.75, 3.05) is 29.5 Å². The van der Waals surface area contributed by atoms with Gasteiger partial charge in [-0.3, -0.25) is 0 Å². The van der Waals surface area contributed by atoms with Gasteiger partial charge in [-0.05, 0) is 37.1 Å². The minimum Gasteiger partial charge on any atom is -0.368 e. The van der Waals surface area contributed by atoms with Gasteiger partial charge in [0.05, 0.1) is 10.7 Å². The standard InChI is InChI=1S/C19H21ClN6/c1-12-4-3-5-15(13(12)2)16-10-18(26-19(21)25-16)23-9-8-22-17-7-6-14(20)11-24-17/h3-7,10-11H,8-9H2,1-2H3,(H,22,24)(H3,21,23,25,26). The van der Waals surface area contributed by atoms with Crippen LogP contribution >= 0.6 is 11.6 Å². The first-order valence-corrected chi connectivity index (χ1v) is 8.71. The summed E-state index contributed by atoms with van der Waals surface area (Å²) in [5.41, 5.74) is 10.2. The Labute approximate surface area is 157 Å². The Bertz CT molecular complexity index is 895. The van der Waals surface area contributed by atoms with Gasteiger partial charge in [0, 0.05) is 30.9 Å². The van der Waals surface area contributed by atoms with Gasteiger partial charge >= 0.3 is 0 Å². The van der Waals surface area contributed by atoms with E-state index in [0.717, 1.165) is 17.1 Å². The number of aromatic nitrogens is 3. The molecular weight excluding hydrogens is 348 g/mol. The number of aryl methyl sites for hydroxylation is 1. The van der Waals surface area contributed by atoms with Crippen LogP contribution in [0.4, 0.5) is 17.6 Å². The van der Waals surface area contributed by atoms with Gasteiger partial charge in [0.15, 0.2) is 0 Å². The monoisotopic (exact) mass is 368 g/mol. The molecule has 0 fully saturated rings. The number of nitrogens with two attached hydrogens (primary N) is 1. The lowest BCUT2D eigenvalue weighted by atomic mass is 10.0. The molecule has 3 aromatic rings. The van der Waals surface area contributed by atoms with Crippen LogP contribution in [0.15, 0.2) is 42.6 Å². The molecule has 0 aliphatic heterocycles. The van der Waals surface area contributed by atoms with Crippen molar-refractivity contribution in [1.82, 2.24) is 15.0 Å². The summed E-state index contributed by atoms with van der Waals surface area (Å²) in [4.78, 5) is 12.8. The Morgan fingerprint density at radius 1 is 1.00 bits per heavy atom. The third-order valence-electron chi connectivity index (χ3n) is 4.09. The Morgan fingerprint density at radius 3 is 2.50 bits per heavy atom. The van der Waals surface area contributed by atoms with Crippen LogP contribution < -0.4 is 16.4 Å². The highest BCUT2D eigenvalue weighted by molar-refractivity contribution is 6.30. The highest BCUT2D eigenvalue weighted by Gasteiger charge is 2.08. The van der Waals surface area contributed by atoms with Gasteiger partial charge in [-0.15, -0.1) is 0 Å². The first kappa shape index (κ1) is 17.9. The maximum absolute atomic E-state index is 5.89. The van der Waals surface area contributed by atoms with Gasteiger partial charge in [0.1, 0.15) is 11.6 Å². The number of hydrogen-bond donors (Lipinski definition) is 3. The molecular formula is C19H21ClN6. The first-order chi connectivity index (χ1) is 12.5. The summed E-state index contributed by atoms with van der Waals surface area (Å²) in [7, 11) is 0. The third kappa shape index (κ3) is 4.40. The molecule has 4 N–H and O–H groups in total. The number of anilines is 3. The molecule has 6 nitrogen and oxygen atoms in total. The normalized spacial score (nSPS) is 10.6. The van der Waals surface area contributed by atoms with Crippen LogP contribution in [0.2, 0.25) is 5.02 Å². The quantitative estimate of drug-likeness (QED) is 0.571. The minimum absolute atomic E-state index is 0.248. The van der Waals surface area contributed by atoms with Crippen LogP contribution in [0.3, 0.4) is 0 Å². The second-order valence-electron chi connectivity index (χ2n) is 5.96. The van der Waals surface area contributed by atoms with Crippen molar-refractivity contribution in [1.29, 1.82) is 0 Å². The second kappa shape index (κ2) is 8.01. The number of nitrogens with one attached hydrogen (secondary N) is 2. The van der Waals surface area contributed by atoms with Crippen molar-refractivity contribution >= 4 is 29.2 Å². The predicted octanol–water partition coefficient (Wildman–Crippen LogP) is 3.92. The topological polar surface area (TPSA) is 88.8 Å². The Morgan fingerprint density at radius 2 is 1.77 bits per heavy atom. The number of hydrogen-bond acceptors (Lipinski definition) is 6. The van der Waals surface area contributed by atoms with Gasteiger partial charge in [0.25, 0.3) is 0 Å². The van der Waals surface area contributed by atoms with E-state index in [-0.39, 0.29) is 5.95 Å². The highest BCUT2D eigenvalue weighted by atomic mass is 35.5. The fourth-order valence-electron chi connectivity index (χ4n) is 2.58. The van der Waals surface area contributed by atoms with Gasteiger partial charge in [-0.2, -0.15) is 4.98 Å². The van der Waals surface area contributed by atoms with Gasteiger partial charge in [-0.1, -0.05) is 29.8 Å². The van der Waals surface area contributed by atoms with Gasteiger partial charge in [0.2, 0.25) is 5.95 Å². The summed E-state index contributed by atoms with van der Waals surface area (Å²) in [6.07, 6.45) is 1.61. The number of rotatable bonds is 6. The van der Waals surface area contributed by atoms with E-state index in [4.69, 9.17) is 17.3 Å². The molecule has 2 aromatic heterocycles. The molecule has 0 atom stereocenters. The lowest BCUT2D eigenvalue weighted by Crippen LogP contribution is -2.15. The van der Waals surface area contributed by atoms with Crippen LogP contribution in [0.25, 0.3) is 11.3 Å². The predicted molar refractivity (Wildman–Crippen MR) is 108 cm³/mol. The lowest BCUT2D eigenvalue weighted by molar-refractivity contribution is 1.04. The van der Waals surface area contributed by atoms with E-state index in [0.29, 0.717) is 23.9 Å². The van der Waals surface area contributed by atoms with E-state index in [9.17, 15) is 0 Å². The van der Waals surface area contributed by atoms with E-state index >= 15 is 0 Å². The summed E-state index contributed by atoms with van der Waals surface area (Å²) >= 11 is 5.83. The molecule has 1 aromatic carbocycles. The number of nitrogens with zero attached hydrogens (tertiary/aromatic N) is 3. The molecule has 0 bridgehead atoms. The smallest absolute Gasteiger partial charge is 0.222 e. The first-order valence-electron chi connectivity index (χ1n) is 8.33. The fourth-order valence-corrected chi connectivity index (χ4v) is 2.70. The van der Waals surface area contributed by atoms with Crippen LogP contribution in [-0.2, 0) is 0 Å². The molecule has 0 saturated heterocycles. The molecule has 3 rings (SSSR count). The zero-order chi connectivity index (χ0) is 18.5. The maximum Gasteiger partial charge on any atom is 0.222 e. The van der Waals surface area contributed by atoms with Gasteiger partial charge < -0.3 is 16.4 Å². The molecule has 7 heteroatoms. The van der Waals surface area contributed by atoms with E-state index in [1.165, 1.54) is 11.1 Å². The lowest BCUT2D eigenvalue weighted by Gasteiger charge is -2.12. The highest BCUT2D eigenvalue weighted by Crippen LogP contribution is 2.25. The summed E-state index contributed by atoms with van der Waals surface area (Å²) in [6, 6.07) is 11.7. The maximum atomic E-state index is 5.89. The molecule has 2 heterocycles. The van der Waals surface area contributed by atoms with Crippen LogP contribution in [0.5, 0.6) is 0 Å². The van der Waals surface area contributed by atoms with E-state index < -0.39 is 0 Å². The zero-order valence-corrected chi connectivity index (χ0v) is 15.5. The summed E-state index contributed by atoms with van der Waals surface area (Å²) < 4.78 is 0. The van der Waals surface area contributed by atoms with Gasteiger partial charge in [-0.25, -0.2) is 9.97 Å². The molecule has 0 unspecified atom stereocenters. The molecule has 0 aliphatic rings. The van der Waals surface area contributed by atoms with Crippen molar-refractivity contribution in [2.24, 2.45) is 0 Å². The third-order valence-corrected chi connectivity index (χ3v) is 4.31. The Kier molecular flexibility index (Phi) is 5.53. The van der Waals surface area contributed by atoms with Crippen LogP contribution in [-0.4, -0.2) is 28.0 Å². The molecule has 26 heavy (non-hydrogen) atoms. The Balaban J connectivity index is 1.66. The molecule has 0 radical (unpaired) electrons. The fraction of sp³-hybridized carbons (Fsp3) is 0.211. The molecule has 0 spiro atoms. The van der Waals surface area contributed by atoms with Crippen molar-refractivity contribution < 1.29 is 0 Å². The minimum atomic E-state index is 0.248. The average Bonchev–Trinajstić information content (AvgIpc) is 2.62. The Hall–Kier alpha value is -2.86. The summed E-state index contributed by atoms with van der Waals surface area (Å²) in [6.45, 7) is 5.50. The number of halogens is 1. The molecule has 134 valence electrons. The number of benzene rings is 1. The van der Waals surface area contributed by atoms with Crippen molar-refractivity contribution in [3.05, 3.63) is 58.7 Å². The van der Waals surface area contributed by atoms with Crippen molar-refractivity contribution in [2.45, 2.75) is 13.8 Å². The molecule has 0 saturated carbocycles. The molecule has 0 amide bonds. The molecule has 0 aliphatic carbocycles. The van der Waals surface area contributed by atoms with Crippen molar-refractivity contribution in [3.63, 3.8) is 0 Å². The van der Waals surface area contributed by atoms with E-state index in [1.54, 1.807) is 12.3 Å². The van der Waals surface area contributed by atoms with Crippen molar-refractivity contribution in [3.8, 4) is 11.3 Å².